The Morgan fingerprint density at radius 1 is 1.50 bits per heavy atom. The molecule has 0 spiro atoms. The van der Waals surface area contributed by atoms with Crippen LogP contribution in [0.5, 0.6) is 5.75 Å². The fraction of sp³-hybridized carbons (Fsp3) is 0.300. The molecule has 0 aliphatic carbocycles. The van der Waals surface area contributed by atoms with Crippen LogP contribution in [0.15, 0.2) is 29.4 Å². The Morgan fingerprint density at radius 2 is 2.36 bits per heavy atom. The molecule has 1 heterocycles. The number of nitrogens with zero attached hydrogens (tertiary/aromatic N) is 2. The van der Waals surface area contributed by atoms with Crippen molar-refractivity contribution in [1.29, 1.82) is 0 Å². The molecule has 1 aromatic carbocycles. The molecule has 0 unspecified atom stereocenters. The minimum atomic E-state index is 0.688. The first-order valence-corrected chi connectivity index (χ1v) is 4.54. The molecule has 1 aliphatic heterocycles. The maximum absolute atomic E-state index is 5.61. The maximum atomic E-state index is 5.61. The predicted octanol–water partition coefficient (Wildman–Crippen LogP) is 1.18. The van der Waals surface area contributed by atoms with Crippen LogP contribution in [0.2, 0.25) is 0 Å². The molecule has 4 heteroatoms. The van der Waals surface area contributed by atoms with Gasteiger partial charge in [-0.15, -0.1) is 0 Å². The first kappa shape index (κ1) is 8.87. The van der Waals surface area contributed by atoms with E-state index in [1.807, 2.05) is 29.3 Å². The fourth-order valence-corrected chi connectivity index (χ4v) is 1.43. The summed E-state index contributed by atoms with van der Waals surface area (Å²) in [5.74, 6) is 1.52. The molecule has 0 amide bonds. The second kappa shape index (κ2) is 3.57. The number of rotatable bonds is 2. The van der Waals surface area contributed by atoms with Crippen molar-refractivity contribution >= 4 is 11.5 Å². The zero-order chi connectivity index (χ0) is 9.97. The summed E-state index contributed by atoms with van der Waals surface area (Å²) in [7, 11) is 1.65. The lowest BCUT2D eigenvalue weighted by Gasteiger charge is -2.13. The summed E-state index contributed by atoms with van der Waals surface area (Å²) >= 11 is 0. The molecule has 0 atom stereocenters. The second-order valence-electron chi connectivity index (χ2n) is 3.17. The van der Waals surface area contributed by atoms with Crippen molar-refractivity contribution in [3.05, 3.63) is 24.3 Å². The van der Waals surface area contributed by atoms with Gasteiger partial charge >= 0.3 is 0 Å². The Morgan fingerprint density at radius 3 is 3.00 bits per heavy atom. The summed E-state index contributed by atoms with van der Waals surface area (Å²) in [6.07, 6.45) is 0.831. The first-order valence-electron chi connectivity index (χ1n) is 4.54. The van der Waals surface area contributed by atoms with Crippen molar-refractivity contribution in [3.63, 3.8) is 0 Å². The molecule has 0 fully saturated rings. The van der Waals surface area contributed by atoms with Crippen LogP contribution >= 0.6 is 0 Å². The zero-order valence-corrected chi connectivity index (χ0v) is 8.10. The van der Waals surface area contributed by atoms with E-state index in [2.05, 4.69) is 5.10 Å². The summed E-state index contributed by atoms with van der Waals surface area (Å²) in [6, 6.07) is 7.79. The Bertz CT molecular complexity index is 362. The normalized spacial score (nSPS) is 15.5. The van der Waals surface area contributed by atoms with Crippen molar-refractivity contribution in [2.24, 2.45) is 10.8 Å². The van der Waals surface area contributed by atoms with Crippen LogP contribution in [-0.4, -0.2) is 19.5 Å². The summed E-state index contributed by atoms with van der Waals surface area (Å²) < 4.78 is 5.13. The van der Waals surface area contributed by atoms with E-state index >= 15 is 0 Å². The molecule has 2 N–H and O–H groups in total. The van der Waals surface area contributed by atoms with Crippen LogP contribution in [-0.2, 0) is 0 Å². The smallest absolute Gasteiger partial charge is 0.122 e. The van der Waals surface area contributed by atoms with Gasteiger partial charge in [0.2, 0.25) is 0 Å². The quantitative estimate of drug-likeness (QED) is 0.763. The number of anilines is 1. The van der Waals surface area contributed by atoms with Gasteiger partial charge in [0, 0.05) is 19.0 Å². The third-order valence-corrected chi connectivity index (χ3v) is 2.18. The lowest BCUT2D eigenvalue weighted by atomic mass is 10.3. The van der Waals surface area contributed by atoms with Crippen molar-refractivity contribution in [2.45, 2.75) is 6.42 Å². The van der Waals surface area contributed by atoms with Crippen LogP contribution in [0.4, 0.5) is 5.69 Å². The molecule has 14 heavy (non-hydrogen) atoms. The highest BCUT2D eigenvalue weighted by atomic mass is 16.5. The fourth-order valence-electron chi connectivity index (χ4n) is 1.43. The summed E-state index contributed by atoms with van der Waals surface area (Å²) in [5.41, 5.74) is 6.63. The van der Waals surface area contributed by atoms with Gasteiger partial charge in [0.15, 0.2) is 0 Å². The Balaban J connectivity index is 2.24. The van der Waals surface area contributed by atoms with Crippen molar-refractivity contribution in [2.75, 3.05) is 18.7 Å². The Hall–Kier alpha value is -1.71. The van der Waals surface area contributed by atoms with Gasteiger partial charge in [-0.2, -0.15) is 5.10 Å². The number of amidine groups is 1. The monoisotopic (exact) mass is 191 g/mol. The van der Waals surface area contributed by atoms with Crippen molar-refractivity contribution in [3.8, 4) is 5.75 Å². The lowest BCUT2D eigenvalue weighted by molar-refractivity contribution is 0.415. The minimum absolute atomic E-state index is 0.688. The molecule has 2 rings (SSSR count). The van der Waals surface area contributed by atoms with Gasteiger partial charge in [0.05, 0.1) is 12.8 Å². The van der Waals surface area contributed by atoms with Gasteiger partial charge in [-0.05, 0) is 12.1 Å². The van der Waals surface area contributed by atoms with Gasteiger partial charge in [0.1, 0.15) is 11.6 Å². The van der Waals surface area contributed by atoms with Gasteiger partial charge < -0.3 is 10.5 Å². The van der Waals surface area contributed by atoms with Crippen LogP contribution in [0.3, 0.4) is 0 Å². The number of hydrogen-bond donors (Lipinski definition) is 1. The molecule has 0 saturated carbocycles. The topological polar surface area (TPSA) is 50.9 Å². The van der Waals surface area contributed by atoms with Crippen LogP contribution in [0, 0.1) is 0 Å². The third-order valence-electron chi connectivity index (χ3n) is 2.18. The highest BCUT2D eigenvalue weighted by Crippen LogP contribution is 2.23. The van der Waals surface area contributed by atoms with Crippen LogP contribution in [0.25, 0.3) is 0 Å². The molecule has 0 saturated heterocycles. The summed E-state index contributed by atoms with van der Waals surface area (Å²) in [6.45, 7) is 0.846. The van der Waals surface area contributed by atoms with Crippen molar-refractivity contribution in [1.82, 2.24) is 0 Å². The molecule has 0 aromatic heterocycles. The standard InChI is InChI=1S/C10H13N3O/c1-14-9-4-2-3-8(7-9)13-6-5-10(11)12-13/h2-4,7H,5-6H2,1H3,(H2,11,12). The summed E-state index contributed by atoms with van der Waals surface area (Å²) in [5, 5.41) is 6.09. The highest BCUT2D eigenvalue weighted by molar-refractivity contribution is 5.84. The van der Waals surface area contributed by atoms with E-state index in [9.17, 15) is 0 Å². The van der Waals surface area contributed by atoms with Gasteiger partial charge in [-0.25, -0.2) is 0 Å². The molecule has 1 aromatic rings. The SMILES string of the molecule is COc1cccc(N2CCC(N)=N2)c1. The van der Waals surface area contributed by atoms with E-state index in [0.29, 0.717) is 5.84 Å². The first-order chi connectivity index (χ1) is 6.79. The number of benzene rings is 1. The number of nitrogens with two attached hydrogens (primary N) is 1. The largest absolute Gasteiger partial charge is 0.497 e. The molecule has 1 aliphatic rings. The number of hydrogen-bond acceptors (Lipinski definition) is 4. The average molecular weight is 191 g/mol. The molecule has 0 radical (unpaired) electrons. The number of hydrazone groups is 1. The third kappa shape index (κ3) is 1.64. The van der Waals surface area contributed by atoms with Gasteiger partial charge in [0.25, 0.3) is 0 Å². The van der Waals surface area contributed by atoms with Crippen LogP contribution in [0.1, 0.15) is 6.42 Å². The Kier molecular flexibility index (Phi) is 2.26. The molecular weight excluding hydrogens is 178 g/mol. The van der Waals surface area contributed by atoms with Gasteiger partial charge in [-0.3, -0.25) is 5.01 Å². The maximum Gasteiger partial charge on any atom is 0.122 e. The van der Waals surface area contributed by atoms with E-state index < -0.39 is 0 Å². The molecule has 74 valence electrons. The number of ether oxygens (including phenoxy) is 1. The second-order valence-corrected chi connectivity index (χ2v) is 3.17. The predicted molar refractivity (Wildman–Crippen MR) is 56.6 cm³/mol. The van der Waals surface area contributed by atoms with E-state index in [1.54, 1.807) is 7.11 Å². The van der Waals surface area contributed by atoms with E-state index in [0.717, 1.165) is 24.4 Å². The van der Waals surface area contributed by atoms with E-state index in [-0.39, 0.29) is 0 Å². The summed E-state index contributed by atoms with van der Waals surface area (Å²) in [4.78, 5) is 0. The molecule has 0 bridgehead atoms. The van der Waals surface area contributed by atoms with E-state index in [4.69, 9.17) is 10.5 Å². The average Bonchev–Trinajstić information content (AvgIpc) is 2.65. The number of methoxy groups -OCH3 is 1. The van der Waals surface area contributed by atoms with Gasteiger partial charge in [-0.1, -0.05) is 6.07 Å². The molecule has 4 nitrogen and oxygen atoms in total. The van der Waals surface area contributed by atoms with Crippen molar-refractivity contribution < 1.29 is 4.74 Å². The van der Waals surface area contributed by atoms with Crippen LogP contribution < -0.4 is 15.5 Å². The highest BCUT2D eigenvalue weighted by Gasteiger charge is 2.13. The zero-order valence-electron chi connectivity index (χ0n) is 8.10. The minimum Gasteiger partial charge on any atom is -0.497 e. The lowest BCUT2D eigenvalue weighted by Crippen LogP contribution is -2.11. The Labute approximate surface area is 83.0 Å². The van der Waals surface area contributed by atoms with E-state index in [1.165, 1.54) is 0 Å². The molecular formula is C10H13N3O.